The second kappa shape index (κ2) is 7.97. The van der Waals surface area contributed by atoms with Crippen LogP contribution in [0.5, 0.6) is 0 Å². The highest BCUT2D eigenvalue weighted by molar-refractivity contribution is 6.05. The third-order valence-corrected chi connectivity index (χ3v) is 3.86. The number of anilines is 1. The fourth-order valence-corrected chi connectivity index (χ4v) is 2.50. The number of amides is 1. The van der Waals surface area contributed by atoms with Crippen molar-refractivity contribution in [3.05, 3.63) is 60.4 Å². The number of imidazole rings is 1. The average molecular weight is 344 g/mol. The summed E-state index contributed by atoms with van der Waals surface area (Å²) in [6.07, 6.45) is 2.94. The summed E-state index contributed by atoms with van der Waals surface area (Å²) in [7, 11) is 0. The summed E-state index contributed by atoms with van der Waals surface area (Å²) in [6.45, 7) is 5.33. The number of benzene rings is 2. The number of carbonyl (C=O) groups excluding carboxylic acids is 1. The van der Waals surface area contributed by atoms with E-state index in [9.17, 15) is 4.79 Å². The number of nitrogens with zero attached hydrogens (tertiary/aromatic N) is 2. The Labute approximate surface area is 148 Å². The molecule has 3 aromatic rings. The van der Waals surface area contributed by atoms with Gasteiger partial charge in [0.25, 0.3) is 5.91 Å². The van der Waals surface area contributed by atoms with Gasteiger partial charge in [-0.1, -0.05) is 32.0 Å². The Balaban J connectivity index is 0.00000208. The minimum absolute atomic E-state index is 0. The smallest absolute Gasteiger partial charge is 0.255 e. The van der Waals surface area contributed by atoms with Crippen LogP contribution in [0.3, 0.4) is 0 Å². The van der Waals surface area contributed by atoms with Gasteiger partial charge in [0.15, 0.2) is 0 Å². The summed E-state index contributed by atoms with van der Waals surface area (Å²) in [6, 6.07) is 15.1. The lowest BCUT2D eigenvalue weighted by molar-refractivity contribution is 0.102. The van der Waals surface area contributed by atoms with E-state index in [-0.39, 0.29) is 18.3 Å². The van der Waals surface area contributed by atoms with Crippen molar-refractivity contribution in [1.29, 1.82) is 0 Å². The average Bonchev–Trinajstić information content (AvgIpc) is 2.96. The first-order valence-electron chi connectivity index (χ1n) is 7.95. The van der Waals surface area contributed by atoms with Gasteiger partial charge < -0.3 is 9.88 Å². The summed E-state index contributed by atoms with van der Waals surface area (Å²) in [5.41, 5.74) is 3.37. The monoisotopic (exact) mass is 343 g/mol. The van der Waals surface area contributed by atoms with Crippen LogP contribution in [0.4, 0.5) is 5.69 Å². The molecular weight excluding hydrogens is 322 g/mol. The molecule has 0 aliphatic rings. The molecule has 0 spiro atoms. The first-order chi connectivity index (χ1) is 11.1. The van der Waals surface area contributed by atoms with Gasteiger partial charge >= 0.3 is 0 Å². The van der Waals surface area contributed by atoms with Gasteiger partial charge in [-0.25, -0.2) is 4.98 Å². The van der Waals surface area contributed by atoms with Gasteiger partial charge in [0.1, 0.15) is 0 Å². The van der Waals surface area contributed by atoms with Gasteiger partial charge in [0, 0.05) is 17.8 Å². The Hall–Kier alpha value is -2.33. The van der Waals surface area contributed by atoms with Crippen LogP contribution in [-0.2, 0) is 6.54 Å². The molecular formula is C19H22ClN3O. The maximum Gasteiger partial charge on any atom is 0.255 e. The number of fused-ring (bicyclic) bond motifs is 1. The van der Waals surface area contributed by atoms with Gasteiger partial charge in [0.2, 0.25) is 0 Å². The van der Waals surface area contributed by atoms with E-state index >= 15 is 0 Å². The summed E-state index contributed by atoms with van der Waals surface area (Å²) >= 11 is 0. The quantitative estimate of drug-likeness (QED) is 0.726. The van der Waals surface area contributed by atoms with Crippen molar-refractivity contribution in [2.45, 2.75) is 26.8 Å². The molecule has 0 fully saturated rings. The molecule has 1 aromatic heterocycles. The second-order valence-electron chi connectivity index (χ2n) is 6.14. The molecule has 0 saturated heterocycles. The first-order valence-corrected chi connectivity index (χ1v) is 7.95. The highest BCUT2D eigenvalue weighted by Gasteiger charge is 2.10. The Morgan fingerprint density at radius 1 is 1.17 bits per heavy atom. The molecule has 126 valence electrons. The molecule has 0 saturated carbocycles. The number of aryl methyl sites for hydroxylation is 1. The molecule has 1 N–H and O–H groups in total. The molecule has 5 heteroatoms. The van der Waals surface area contributed by atoms with E-state index in [1.807, 2.05) is 54.9 Å². The third kappa shape index (κ3) is 4.15. The SMILES string of the molecule is CC(C)CCn1cnc2ccc(C(=O)Nc3ccccc3)cc21.Cl. The lowest BCUT2D eigenvalue weighted by Gasteiger charge is -2.08. The van der Waals surface area contributed by atoms with Crippen molar-refractivity contribution >= 4 is 35.0 Å². The van der Waals surface area contributed by atoms with Crippen molar-refractivity contribution in [3.63, 3.8) is 0 Å². The number of para-hydroxylation sites is 1. The molecule has 0 aliphatic carbocycles. The maximum absolute atomic E-state index is 12.4. The lowest BCUT2D eigenvalue weighted by Crippen LogP contribution is -2.11. The van der Waals surface area contributed by atoms with E-state index < -0.39 is 0 Å². The fraction of sp³-hybridized carbons (Fsp3) is 0.263. The van der Waals surface area contributed by atoms with Crippen LogP contribution in [0.25, 0.3) is 11.0 Å². The topological polar surface area (TPSA) is 46.9 Å². The second-order valence-corrected chi connectivity index (χ2v) is 6.14. The van der Waals surface area contributed by atoms with Crippen molar-refractivity contribution in [3.8, 4) is 0 Å². The minimum Gasteiger partial charge on any atom is -0.331 e. The zero-order chi connectivity index (χ0) is 16.2. The zero-order valence-electron chi connectivity index (χ0n) is 13.9. The van der Waals surface area contributed by atoms with E-state index in [1.54, 1.807) is 0 Å². The molecule has 24 heavy (non-hydrogen) atoms. The number of hydrogen-bond acceptors (Lipinski definition) is 2. The minimum atomic E-state index is -0.102. The molecule has 4 nitrogen and oxygen atoms in total. The Morgan fingerprint density at radius 2 is 1.92 bits per heavy atom. The van der Waals surface area contributed by atoms with Gasteiger partial charge in [-0.2, -0.15) is 0 Å². The molecule has 1 heterocycles. The van der Waals surface area contributed by atoms with Crippen molar-refractivity contribution in [2.24, 2.45) is 5.92 Å². The summed E-state index contributed by atoms with van der Waals surface area (Å²) in [4.78, 5) is 16.8. The maximum atomic E-state index is 12.4. The van der Waals surface area contributed by atoms with Crippen LogP contribution in [0.15, 0.2) is 54.9 Å². The van der Waals surface area contributed by atoms with Crippen molar-refractivity contribution < 1.29 is 4.79 Å². The van der Waals surface area contributed by atoms with Gasteiger partial charge in [0.05, 0.1) is 17.4 Å². The molecule has 0 radical (unpaired) electrons. The molecule has 0 unspecified atom stereocenters. The predicted molar refractivity (Wildman–Crippen MR) is 101 cm³/mol. The van der Waals surface area contributed by atoms with Crippen LogP contribution >= 0.6 is 12.4 Å². The Morgan fingerprint density at radius 3 is 2.62 bits per heavy atom. The van der Waals surface area contributed by atoms with Gasteiger partial charge in [-0.15, -0.1) is 12.4 Å². The predicted octanol–water partition coefficient (Wildman–Crippen LogP) is 4.76. The van der Waals surface area contributed by atoms with Crippen LogP contribution in [0.2, 0.25) is 0 Å². The molecule has 0 atom stereocenters. The number of rotatable bonds is 5. The number of aromatic nitrogens is 2. The number of halogens is 1. The van der Waals surface area contributed by atoms with E-state index in [4.69, 9.17) is 0 Å². The van der Waals surface area contributed by atoms with E-state index in [0.29, 0.717) is 11.5 Å². The highest BCUT2D eigenvalue weighted by atomic mass is 35.5. The van der Waals surface area contributed by atoms with E-state index in [0.717, 1.165) is 29.7 Å². The standard InChI is InChI=1S/C19H21N3O.ClH/c1-14(2)10-11-22-13-20-17-9-8-15(12-18(17)22)19(23)21-16-6-4-3-5-7-16;/h3-9,12-14H,10-11H2,1-2H3,(H,21,23);1H. The highest BCUT2D eigenvalue weighted by Crippen LogP contribution is 2.18. The molecule has 1 amide bonds. The summed E-state index contributed by atoms with van der Waals surface area (Å²) in [5, 5.41) is 2.92. The zero-order valence-corrected chi connectivity index (χ0v) is 14.7. The number of carbonyl (C=O) groups is 1. The largest absolute Gasteiger partial charge is 0.331 e. The normalized spacial score (nSPS) is 10.6. The molecule has 2 aromatic carbocycles. The van der Waals surface area contributed by atoms with Crippen LogP contribution < -0.4 is 5.32 Å². The Kier molecular flexibility index (Phi) is 5.99. The fourth-order valence-electron chi connectivity index (χ4n) is 2.50. The van der Waals surface area contributed by atoms with Crippen LogP contribution in [0, 0.1) is 5.92 Å². The van der Waals surface area contributed by atoms with E-state index in [1.165, 1.54) is 0 Å². The van der Waals surface area contributed by atoms with Crippen LogP contribution in [0.1, 0.15) is 30.6 Å². The first kappa shape index (κ1) is 18.0. The molecule has 0 aliphatic heterocycles. The summed E-state index contributed by atoms with van der Waals surface area (Å²) in [5.74, 6) is 0.534. The van der Waals surface area contributed by atoms with E-state index in [2.05, 4.69) is 28.7 Å². The number of hydrogen-bond donors (Lipinski definition) is 1. The third-order valence-electron chi connectivity index (χ3n) is 3.86. The molecule has 0 bridgehead atoms. The van der Waals surface area contributed by atoms with Gasteiger partial charge in [-0.3, -0.25) is 4.79 Å². The molecule has 3 rings (SSSR count). The van der Waals surface area contributed by atoms with Crippen molar-refractivity contribution in [2.75, 3.05) is 5.32 Å². The summed E-state index contributed by atoms with van der Waals surface area (Å²) < 4.78 is 2.12. The lowest BCUT2D eigenvalue weighted by atomic mass is 10.1. The number of nitrogens with one attached hydrogen (secondary N) is 1. The Bertz CT molecular complexity index is 812. The van der Waals surface area contributed by atoms with Gasteiger partial charge in [-0.05, 0) is 42.7 Å². The van der Waals surface area contributed by atoms with Crippen molar-refractivity contribution in [1.82, 2.24) is 9.55 Å². The van der Waals surface area contributed by atoms with Crippen LogP contribution in [-0.4, -0.2) is 15.5 Å².